The predicted octanol–water partition coefficient (Wildman–Crippen LogP) is 4.98. The van der Waals surface area contributed by atoms with E-state index in [9.17, 15) is 13.2 Å². The lowest BCUT2D eigenvalue weighted by atomic mass is 10.2. The van der Waals surface area contributed by atoms with Gasteiger partial charge in [-0.25, -0.2) is 18.4 Å². The largest absolute Gasteiger partial charge is 0.467 e. The average Bonchev–Trinajstić information content (AvgIpc) is 3.37. The number of nitrogens with zero attached hydrogens (tertiary/aromatic N) is 3. The maximum atomic E-state index is 13.3. The van der Waals surface area contributed by atoms with Crippen LogP contribution in [0, 0.1) is 0 Å². The molecule has 0 radical (unpaired) electrons. The number of hydrogen-bond acceptors (Lipinski definition) is 7. The Kier molecular flexibility index (Phi) is 7.48. The number of aromatic nitrogens is 2. The molecular formula is C25H23ClN4O4S. The lowest BCUT2D eigenvalue weighted by Gasteiger charge is -2.25. The van der Waals surface area contributed by atoms with Gasteiger partial charge >= 0.3 is 0 Å². The first kappa shape index (κ1) is 24.4. The first-order valence-corrected chi connectivity index (χ1v) is 12.9. The molecule has 0 spiro atoms. The van der Waals surface area contributed by atoms with Crippen molar-refractivity contribution in [2.45, 2.75) is 25.2 Å². The Morgan fingerprint density at radius 3 is 2.54 bits per heavy atom. The molecule has 4 rings (SSSR count). The van der Waals surface area contributed by atoms with Crippen LogP contribution in [0.3, 0.4) is 0 Å². The van der Waals surface area contributed by atoms with Gasteiger partial charge in [-0.05, 0) is 42.0 Å². The van der Waals surface area contributed by atoms with E-state index in [0.29, 0.717) is 28.7 Å². The van der Waals surface area contributed by atoms with Gasteiger partial charge in [0.2, 0.25) is 15.0 Å². The van der Waals surface area contributed by atoms with E-state index in [4.69, 9.17) is 16.0 Å². The molecule has 180 valence electrons. The molecule has 2 aromatic heterocycles. The first-order valence-electron chi connectivity index (χ1n) is 10.8. The van der Waals surface area contributed by atoms with Crippen LogP contribution in [0.2, 0.25) is 5.02 Å². The first-order chi connectivity index (χ1) is 16.9. The fourth-order valence-electron chi connectivity index (χ4n) is 3.42. The zero-order valence-electron chi connectivity index (χ0n) is 18.9. The topological polar surface area (TPSA) is 105 Å². The molecule has 0 aliphatic rings. The Bertz CT molecular complexity index is 1410. The van der Waals surface area contributed by atoms with Gasteiger partial charge in [-0.15, -0.1) is 0 Å². The van der Waals surface area contributed by atoms with E-state index in [1.165, 1.54) is 13.1 Å². The third kappa shape index (κ3) is 6.06. The summed E-state index contributed by atoms with van der Waals surface area (Å²) in [6.07, 6.45) is 2.92. The summed E-state index contributed by atoms with van der Waals surface area (Å²) in [5.41, 5.74) is 1.72. The second-order valence-electron chi connectivity index (χ2n) is 7.68. The monoisotopic (exact) mass is 510 g/mol. The highest BCUT2D eigenvalue weighted by Crippen LogP contribution is 2.26. The lowest BCUT2D eigenvalue weighted by molar-refractivity contribution is 0.102. The van der Waals surface area contributed by atoms with Crippen LogP contribution in [-0.4, -0.2) is 30.0 Å². The van der Waals surface area contributed by atoms with Gasteiger partial charge in [0, 0.05) is 17.3 Å². The van der Waals surface area contributed by atoms with Crippen molar-refractivity contribution in [1.82, 2.24) is 9.97 Å². The zero-order valence-corrected chi connectivity index (χ0v) is 20.5. The minimum Gasteiger partial charge on any atom is -0.467 e. The molecule has 0 unspecified atom stereocenters. The molecule has 2 heterocycles. The second-order valence-corrected chi connectivity index (χ2v) is 10.3. The number of amides is 1. The lowest BCUT2D eigenvalue weighted by Crippen LogP contribution is -2.27. The number of anilines is 2. The van der Waals surface area contributed by atoms with E-state index in [-0.39, 0.29) is 18.0 Å². The van der Waals surface area contributed by atoms with Gasteiger partial charge < -0.3 is 14.6 Å². The van der Waals surface area contributed by atoms with Crippen molar-refractivity contribution in [3.63, 3.8) is 0 Å². The molecular weight excluding hydrogens is 488 g/mol. The summed E-state index contributed by atoms with van der Waals surface area (Å²) in [5.74, 6) is -0.103. The van der Waals surface area contributed by atoms with Gasteiger partial charge in [-0.3, -0.25) is 4.79 Å². The summed E-state index contributed by atoms with van der Waals surface area (Å²) in [6, 6.07) is 19.8. The Morgan fingerprint density at radius 2 is 1.86 bits per heavy atom. The number of rotatable bonds is 9. The van der Waals surface area contributed by atoms with Crippen LogP contribution in [0.1, 0.15) is 28.7 Å². The third-order valence-electron chi connectivity index (χ3n) is 5.18. The molecule has 0 aliphatic carbocycles. The fourth-order valence-corrected chi connectivity index (χ4v) is 4.34. The van der Waals surface area contributed by atoms with Crippen molar-refractivity contribution in [3.8, 4) is 0 Å². The van der Waals surface area contributed by atoms with Crippen molar-refractivity contribution < 1.29 is 17.6 Å². The fraction of sp³-hybridized carbons (Fsp3) is 0.160. The van der Waals surface area contributed by atoms with Crippen LogP contribution in [0.4, 0.5) is 11.4 Å². The third-order valence-corrected chi connectivity index (χ3v) is 6.93. The minimum absolute atomic E-state index is 0.0653. The van der Waals surface area contributed by atoms with Crippen molar-refractivity contribution in [2.75, 3.05) is 16.0 Å². The molecule has 1 amide bonds. The Hall–Kier alpha value is -3.69. The number of sulfone groups is 1. The van der Waals surface area contributed by atoms with Crippen molar-refractivity contribution in [3.05, 3.63) is 101 Å². The molecule has 0 aliphatic heterocycles. The Morgan fingerprint density at radius 1 is 1.06 bits per heavy atom. The summed E-state index contributed by atoms with van der Waals surface area (Å²) in [7, 11) is -3.74. The SMILES string of the molecule is CCS(=O)(=O)c1ncc(N(Cc2cccc(Cl)c2)Cc2ccco2)c(C(=O)Nc2ccccc2)n1. The van der Waals surface area contributed by atoms with E-state index in [0.717, 1.165) is 5.56 Å². The normalized spacial score (nSPS) is 11.3. The van der Waals surface area contributed by atoms with Gasteiger partial charge in [0.15, 0.2) is 5.69 Å². The molecule has 1 N–H and O–H groups in total. The van der Waals surface area contributed by atoms with Gasteiger partial charge in [-0.1, -0.05) is 48.9 Å². The molecule has 0 bridgehead atoms. The van der Waals surface area contributed by atoms with Gasteiger partial charge in [0.1, 0.15) is 5.76 Å². The highest BCUT2D eigenvalue weighted by Gasteiger charge is 2.25. The van der Waals surface area contributed by atoms with Crippen molar-refractivity contribution in [2.24, 2.45) is 0 Å². The average molecular weight is 511 g/mol. The quantitative estimate of drug-likeness (QED) is 0.317. The molecule has 35 heavy (non-hydrogen) atoms. The Labute approximate surface area is 208 Å². The van der Waals surface area contributed by atoms with Crippen LogP contribution in [0.25, 0.3) is 0 Å². The number of nitrogens with one attached hydrogen (secondary N) is 1. The molecule has 2 aromatic carbocycles. The van der Waals surface area contributed by atoms with Crippen LogP contribution in [-0.2, 0) is 22.9 Å². The second kappa shape index (κ2) is 10.7. The smallest absolute Gasteiger partial charge is 0.276 e. The number of hydrogen-bond donors (Lipinski definition) is 1. The molecule has 0 saturated carbocycles. The van der Waals surface area contributed by atoms with Crippen LogP contribution in [0.15, 0.2) is 88.8 Å². The maximum absolute atomic E-state index is 13.3. The molecule has 0 atom stereocenters. The van der Waals surface area contributed by atoms with Crippen molar-refractivity contribution in [1.29, 1.82) is 0 Å². The number of benzene rings is 2. The van der Waals surface area contributed by atoms with Gasteiger partial charge in [0.25, 0.3) is 5.91 Å². The van der Waals surface area contributed by atoms with E-state index in [1.54, 1.807) is 42.7 Å². The summed E-state index contributed by atoms with van der Waals surface area (Å²) >= 11 is 6.18. The van der Waals surface area contributed by atoms with E-state index in [1.807, 2.05) is 35.2 Å². The molecule has 10 heteroatoms. The highest BCUT2D eigenvalue weighted by atomic mass is 35.5. The highest BCUT2D eigenvalue weighted by molar-refractivity contribution is 7.91. The van der Waals surface area contributed by atoms with Crippen LogP contribution < -0.4 is 10.2 Å². The number of carbonyl (C=O) groups excluding carboxylic acids is 1. The van der Waals surface area contributed by atoms with E-state index in [2.05, 4.69) is 15.3 Å². The number of carbonyl (C=O) groups is 1. The summed E-state index contributed by atoms with van der Waals surface area (Å²) in [4.78, 5) is 23.5. The summed E-state index contributed by atoms with van der Waals surface area (Å²) < 4.78 is 30.5. The van der Waals surface area contributed by atoms with E-state index < -0.39 is 20.9 Å². The molecule has 4 aromatic rings. The Balaban J connectivity index is 1.80. The van der Waals surface area contributed by atoms with Gasteiger partial charge in [0.05, 0.1) is 30.4 Å². The number of furan rings is 1. The van der Waals surface area contributed by atoms with Crippen LogP contribution in [0.5, 0.6) is 0 Å². The molecule has 0 fully saturated rings. The van der Waals surface area contributed by atoms with E-state index >= 15 is 0 Å². The number of para-hydroxylation sites is 1. The van der Waals surface area contributed by atoms with Crippen LogP contribution >= 0.6 is 11.6 Å². The molecule has 0 saturated heterocycles. The minimum atomic E-state index is -3.74. The summed E-state index contributed by atoms with van der Waals surface area (Å²) in [6.45, 7) is 2.13. The molecule has 8 nitrogen and oxygen atoms in total. The summed E-state index contributed by atoms with van der Waals surface area (Å²) in [5, 5.41) is 2.96. The number of halogens is 1. The van der Waals surface area contributed by atoms with Crippen molar-refractivity contribution >= 4 is 38.7 Å². The van der Waals surface area contributed by atoms with Gasteiger partial charge in [-0.2, -0.15) is 0 Å². The standard InChI is InChI=1S/C25H23ClN4O4S/c1-2-35(32,33)25-27-15-22(23(29-25)24(31)28-20-10-4-3-5-11-20)30(17-21-12-7-13-34-21)16-18-8-6-9-19(26)14-18/h3-15H,2,16-17H2,1H3,(H,28,31). The maximum Gasteiger partial charge on any atom is 0.276 e. The zero-order chi connectivity index (χ0) is 24.8. The predicted molar refractivity (Wildman–Crippen MR) is 134 cm³/mol.